The third kappa shape index (κ3) is 5.12. The monoisotopic (exact) mass is 526 g/mol. The maximum absolute atomic E-state index is 14.6. The van der Waals surface area contributed by atoms with Crippen LogP contribution in [-0.2, 0) is 6.18 Å². The fourth-order valence-corrected chi connectivity index (χ4v) is 3.27. The molecule has 0 saturated carbocycles. The summed E-state index contributed by atoms with van der Waals surface area (Å²) in [5.74, 6) is -2.61. The number of nitrogen functional groups attached to an aromatic ring is 1. The molecular formula is C21H12Cl2F4N6O2. The Kier molecular flexibility index (Phi) is 6.50. The van der Waals surface area contributed by atoms with Crippen molar-refractivity contribution in [2.45, 2.75) is 6.18 Å². The van der Waals surface area contributed by atoms with E-state index in [9.17, 15) is 22.4 Å². The number of benzene rings is 1. The van der Waals surface area contributed by atoms with Crippen LogP contribution in [0.25, 0.3) is 5.82 Å². The molecule has 8 nitrogen and oxygen atoms in total. The highest BCUT2D eigenvalue weighted by atomic mass is 35.5. The van der Waals surface area contributed by atoms with Crippen LogP contribution in [0.5, 0.6) is 11.5 Å². The lowest BCUT2D eigenvalue weighted by atomic mass is 10.2. The van der Waals surface area contributed by atoms with E-state index in [0.29, 0.717) is 4.68 Å². The first-order valence-electron chi connectivity index (χ1n) is 9.50. The van der Waals surface area contributed by atoms with Crippen LogP contribution in [0.2, 0.25) is 10.0 Å². The van der Waals surface area contributed by atoms with E-state index in [2.05, 4.69) is 20.4 Å². The number of nitrogens with one attached hydrogen (secondary N) is 1. The molecule has 3 heterocycles. The second-order valence-electron chi connectivity index (χ2n) is 6.86. The molecule has 0 aliphatic rings. The predicted molar refractivity (Wildman–Crippen MR) is 119 cm³/mol. The molecule has 3 N–H and O–H groups in total. The first-order valence-corrected chi connectivity index (χ1v) is 10.3. The molecule has 0 bridgehead atoms. The molecule has 0 atom stereocenters. The number of halogens is 6. The first-order chi connectivity index (χ1) is 16.5. The standard InChI is InChI=1S/C21H12Cl2F4N6O2/c22-10-3-5-29-16(7-10)33-18(21(25,26)27)12(9-31-33)20(34)32-11-1-2-14(13(24)8-11)35-15-4-6-30-19(28)17(15)23/h1-9H,(H2,28,30)(H,32,34). The number of carbonyl (C=O) groups is 1. The number of carbonyl (C=O) groups excluding carboxylic acids is 1. The summed E-state index contributed by atoms with van der Waals surface area (Å²) in [7, 11) is 0. The highest BCUT2D eigenvalue weighted by molar-refractivity contribution is 6.34. The molecule has 0 fully saturated rings. The number of hydrogen-bond donors (Lipinski definition) is 2. The van der Waals surface area contributed by atoms with E-state index < -0.39 is 29.2 Å². The zero-order valence-electron chi connectivity index (χ0n) is 17.1. The Morgan fingerprint density at radius 1 is 1.06 bits per heavy atom. The van der Waals surface area contributed by atoms with Gasteiger partial charge in [0.2, 0.25) is 0 Å². The van der Waals surface area contributed by atoms with Gasteiger partial charge in [-0.1, -0.05) is 23.2 Å². The Balaban J connectivity index is 1.60. The van der Waals surface area contributed by atoms with E-state index in [0.717, 1.165) is 24.4 Å². The third-order valence-corrected chi connectivity index (χ3v) is 5.11. The van der Waals surface area contributed by atoms with Gasteiger partial charge in [0.25, 0.3) is 5.91 Å². The van der Waals surface area contributed by atoms with Crippen molar-refractivity contribution in [1.29, 1.82) is 0 Å². The average molecular weight is 527 g/mol. The van der Waals surface area contributed by atoms with Crippen LogP contribution >= 0.6 is 23.2 Å². The van der Waals surface area contributed by atoms with Crippen LogP contribution in [0, 0.1) is 5.82 Å². The molecule has 0 radical (unpaired) electrons. The van der Waals surface area contributed by atoms with Crippen LogP contribution in [0.3, 0.4) is 0 Å². The van der Waals surface area contributed by atoms with Crippen LogP contribution in [0.4, 0.5) is 29.1 Å². The molecule has 4 aromatic rings. The number of rotatable bonds is 5. The van der Waals surface area contributed by atoms with Gasteiger partial charge in [-0.15, -0.1) is 0 Å². The number of aromatic nitrogens is 4. The molecule has 180 valence electrons. The SMILES string of the molecule is Nc1nccc(Oc2ccc(NC(=O)c3cnn(-c4cc(Cl)ccn4)c3C(F)(F)F)cc2F)c1Cl. The zero-order valence-corrected chi connectivity index (χ0v) is 18.7. The molecular weight excluding hydrogens is 515 g/mol. The lowest BCUT2D eigenvalue weighted by Gasteiger charge is -2.13. The summed E-state index contributed by atoms with van der Waals surface area (Å²) < 4.78 is 61.8. The van der Waals surface area contributed by atoms with E-state index in [1.54, 1.807) is 0 Å². The smallest absolute Gasteiger partial charge is 0.434 e. The van der Waals surface area contributed by atoms with Crippen molar-refractivity contribution in [2.75, 3.05) is 11.1 Å². The minimum Gasteiger partial charge on any atom is -0.453 e. The number of pyridine rings is 2. The number of hydrogen-bond acceptors (Lipinski definition) is 6. The number of nitrogens with two attached hydrogens (primary N) is 1. The topological polar surface area (TPSA) is 108 Å². The number of alkyl halides is 3. The van der Waals surface area contributed by atoms with Gasteiger partial charge in [0.15, 0.2) is 28.8 Å². The molecule has 14 heteroatoms. The zero-order chi connectivity index (χ0) is 25.3. The molecule has 1 amide bonds. The molecule has 0 aliphatic carbocycles. The predicted octanol–water partition coefficient (Wildman–Crippen LogP) is 5.75. The molecule has 4 rings (SSSR count). The van der Waals surface area contributed by atoms with Crippen molar-refractivity contribution >= 4 is 40.6 Å². The van der Waals surface area contributed by atoms with Crippen molar-refractivity contribution in [3.63, 3.8) is 0 Å². The minimum absolute atomic E-state index is 0.0255. The maximum Gasteiger partial charge on any atom is 0.434 e. The molecule has 0 aliphatic heterocycles. The second-order valence-corrected chi connectivity index (χ2v) is 7.67. The van der Waals surface area contributed by atoms with E-state index in [4.69, 9.17) is 33.7 Å². The summed E-state index contributed by atoms with van der Waals surface area (Å²) in [4.78, 5) is 20.2. The largest absolute Gasteiger partial charge is 0.453 e. The number of ether oxygens (including phenoxy) is 1. The van der Waals surface area contributed by atoms with Crippen molar-refractivity contribution in [1.82, 2.24) is 19.7 Å². The quantitative estimate of drug-likeness (QED) is 0.320. The van der Waals surface area contributed by atoms with Gasteiger partial charge >= 0.3 is 6.18 Å². The normalized spacial score (nSPS) is 11.4. The van der Waals surface area contributed by atoms with Gasteiger partial charge in [0, 0.05) is 41.3 Å². The Morgan fingerprint density at radius 2 is 1.80 bits per heavy atom. The number of nitrogens with zero attached hydrogens (tertiary/aromatic N) is 4. The van der Waals surface area contributed by atoms with Gasteiger partial charge in [-0.3, -0.25) is 4.79 Å². The van der Waals surface area contributed by atoms with Crippen molar-refractivity contribution < 1.29 is 27.1 Å². The Hall–Kier alpha value is -3.90. The second kappa shape index (κ2) is 9.39. The summed E-state index contributed by atoms with van der Waals surface area (Å²) in [6, 6.07) is 7.13. The van der Waals surface area contributed by atoms with Gasteiger partial charge in [0.1, 0.15) is 10.8 Å². The lowest BCUT2D eigenvalue weighted by Crippen LogP contribution is -2.21. The summed E-state index contributed by atoms with van der Waals surface area (Å²) in [6.45, 7) is 0. The van der Waals surface area contributed by atoms with Crippen molar-refractivity contribution in [2.24, 2.45) is 0 Å². The molecule has 1 aromatic carbocycles. The fourth-order valence-electron chi connectivity index (χ4n) is 2.97. The van der Waals surface area contributed by atoms with E-state index >= 15 is 0 Å². The Bertz CT molecular complexity index is 1430. The summed E-state index contributed by atoms with van der Waals surface area (Å²) in [5.41, 5.74) is 3.25. The van der Waals surface area contributed by atoms with Crippen LogP contribution in [0.1, 0.15) is 16.1 Å². The minimum atomic E-state index is -4.97. The molecule has 3 aromatic heterocycles. The first kappa shape index (κ1) is 24.2. The molecule has 0 unspecified atom stereocenters. The maximum atomic E-state index is 14.6. The van der Waals surface area contributed by atoms with Crippen molar-refractivity contribution in [3.8, 4) is 17.3 Å². The van der Waals surface area contributed by atoms with E-state index in [1.807, 2.05) is 0 Å². The van der Waals surface area contributed by atoms with E-state index in [-0.39, 0.29) is 38.9 Å². The summed E-state index contributed by atoms with van der Waals surface area (Å²) in [5, 5.41) is 5.94. The Labute approximate surface area is 204 Å². The molecule has 35 heavy (non-hydrogen) atoms. The van der Waals surface area contributed by atoms with Gasteiger partial charge in [0.05, 0.1) is 11.8 Å². The molecule has 0 saturated heterocycles. The van der Waals surface area contributed by atoms with Gasteiger partial charge < -0.3 is 15.8 Å². The number of anilines is 2. The highest BCUT2D eigenvalue weighted by Crippen LogP contribution is 2.35. The highest BCUT2D eigenvalue weighted by Gasteiger charge is 2.41. The van der Waals surface area contributed by atoms with Crippen molar-refractivity contribution in [3.05, 3.63) is 82.1 Å². The molecule has 0 spiro atoms. The summed E-state index contributed by atoms with van der Waals surface area (Å²) >= 11 is 11.8. The lowest BCUT2D eigenvalue weighted by molar-refractivity contribution is -0.143. The third-order valence-electron chi connectivity index (χ3n) is 4.50. The van der Waals surface area contributed by atoms with Crippen LogP contribution in [0.15, 0.2) is 55.0 Å². The summed E-state index contributed by atoms with van der Waals surface area (Å²) in [6.07, 6.45) is -1.74. The van der Waals surface area contributed by atoms with Gasteiger partial charge in [-0.05, 0) is 18.2 Å². The van der Waals surface area contributed by atoms with Crippen LogP contribution in [-0.4, -0.2) is 25.7 Å². The van der Waals surface area contributed by atoms with E-state index in [1.165, 1.54) is 30.6 Å². The Morgan fingerprint density at radius 3 is 2.49 bits per heavy atom. The number of amides is 1. The average Bonchev–Trinajstić information content (AvgIpc) is 3.25. The van der Waals surface area contributed by atoms with Gasteiger partial charge in [-0.25, -0.2) is 19.0 Å². The van der Waals surface area contributed by atoms with Gasteiger partial charge in [-0.2, -0.15) is 18.3 Å². The fraction of sp³-hybridized carbons (Fsp3) is 0.0476. The van der Waals surface area contributed by atoms with Crippen LogP contribution < -0.4 is 15.8 Å².